The molecule has 4 rings (SSSR count). The Morgan fingerprint density at radius 2 is 2.04 bits per heavy atom. The zero-order valence-corrected chi connectivity index (χ0v) is 14.6. The van der Waals surface area contributed by atoms with Gasteiger partial charge in [0.2, 0.25) is 0 Å². The molecule has 1 fully saturated rings. The Hall–Kier alpha value is -1.75. The standard InChI is InChI=1S/C19H27N5/c1-2-24-13-15(10-21-24)12-23-9-8-18-17(14-23)11-20-19(22-18)16-6-4-3-5-7-16/h10-11,13,16H,2-9,12,14H2,1H3. The lowest BCUT2D eigenvalue weighted by Crippen LogP contribution is -2.31. The third-order valence-electron chi connectivity index (χ3n) is 5.42. The SMILES string of the molecule is CCn1cc(CN2CCc3nc(C4CCCCC4)ncc3C2)cn1. The van der Waals surface area contributed by atoms with Gasteiger partial charge in [-0.3, -0.25) is 9.58 Å². The summed E-state index contributed by atoms with van der Waals surface area (Å²) < 4.78 is 1.99. The van der Waals surface area contributed by atoms with Gasteiger partial charge < -0.3 is 0 Å². The number of nitrogens with zero attached hydrogens (tertiary/aromatic N) is 5. The number of hydrogen-bond donors (Lipinski definition) is 0. The summed E-state index contributed by atoms with van der Waals surface area (Å²) in [4.78, 5) is 12.1. The van der Waals surface area contributed by atoms with E-state index in [0.717, 1.165) is 38.4 Å². The van der Waals surface area contributed by atoms with Crippen molar-refractivity contribution in [2.24, 2.45) is 0 Å². The van der Waals surface area contributed by atoms with Crippen molar-refractivity contribution in [3.05, 3.63) is 41.2 Å². The predicted molar refractivity (Wildman–Crippen MR) is 93.6 cm³/mol. The second-order valence-electron chi connectivity index (χ2n) is 7.20. The monoisotopic (exact) mass is 325 g/mol. The Balaban J connectivity index is 1.43. The van der Waals surface area contributed by atoms with Gasteiger partial charge >= 0.3 is 0 Å². The van der Waals surface area contributed by atoms with Crippen LogP contribution in [0.5, 0.6) is 0 Å². The lowest BCUT2D eigenvalue weighted by atomic mass is 9.88. The van der Waals surface area contributed by atoms with E-state index in [1.807, 2.05) is 10.9 Å². The van der Waals surface area contributed by atoms with Crippen LogP contribution in [0.2, 0.25) is 0 Å². The minimum atomic E-state index is 0.599. The summed E-state index contributed by atoms with van der Waals surface area (Å²) in [7, 11) is 0. The van der Waals surface area contributed by atoms with Crippen LogP contribution >= 0.6 is 0 Å². The van der Waals surface area contributed by atoms with E-state index in [1.165, 1.54) is 48.9 Å². The van der Waals surface area contributed by atoms with Gasteiger partial charge in [0, 0.05) is 67.7 Å². The molecule has 0 saturated heterocycles. The number of rotatable bonds is 4. The van der Waals surface area contributed by atoms with Crippen molar-refractivity contribution in [3.63, 3.8) is 0 Å². The molecule has 24 heavy (non-hydrogen) atoms. The molecule has 0 atom stereocenters. The van der Waals surface area contributed by atoms with E-state index in [-0.39, 0.29) is 0 Å². The van der Waals surface area contributed by atoms with E-state index >= 15 is 0 Å². The topological polar surface area (TPSA) is 46.8 Å². The number of hydrogen-bond acceptors (Lipinski definition) is 4. The van der Waals surface area contributed by atoms with Crippen LogP contribution in [-0.4, -0.2) is 31.2 Å². The summed E-state index contributed by atoms with van der Waals surface area (Å²) in [6.07, 6.45) is 13.9. The van der Waals surface area contributed by atoms with Crippen molar-refractivity contribution in [1.29, 1.82) is 0 Å². The minimum Gasteiger partial charge on any atom is -0.294 e. The molecule has 2 aromatic heterocycles. The van der Waals surface area contributed by atoms with Crippen molar-refractivity contribution in [2.75, 3.05) is 6.54 Å². The molecule has 128 valence electrons. The molecule has 3 heterocycles. The molecule has 2 aliphatic rings. The molecular weight excluding hydrogens is 298 g/mol. The lowest BCUT2D eigenvalue weighted by molar-refractivity contribution is 0.242. The second kappa shape index (κ2) is 7.01. The molecule has 0 aromatic carbocycles. The first kappa shape index (κ1) is 15.8. The Morgan fingerprint density at radius 3 is 2.83 bits per heavy atom. The van der Waals surface area contributed by atoms with Crippen molar-refractivity contribution in [3.8, 4) is 0 Å². The summed E-state index contributed by atoms with van der Waals surface area (Å²) in [6.45, 7) is 6.04. The van der Waals surface area contributed by atoms with Gasteiger partial charge in [-0.15, -0.1) is 0 Å². The zero-order chi connectivity index (χ0) is 16.4. The van der Waals surface area contributed by atoms with Gasteiger partial charge in [0.15, 0.2) is 0 Å². The van der Waals surface area contributed by atoms with E-state index in [1.54, 1.807) is 0 Å². The maximum Gasteiger partial charge on any atom is 0.131 e. The summed E-state index contributed by atoms with van der Waals surface area (Å²) in [5.41, 5.74) is 3.88. The van der Waals surface area contributed by atoms with Crippen LogP contribution in [0.1, 0.15) is 67.6 Å². The zero-order valence-electron chi connectivity index (χ0n) is 14.6. The molecular formula is C19H27N5. The molecule has 0 amide bonds. The van der Waals surface area contributed by atoms with Gasteiger partial charge in [0.05, 0.1) is 6.20 Å². The maximum atomic E-state index is 4.94. The fourth-order valence-electron chi connectivity index (χ4n) is 4.00. The Bertz CT molecular complexity index is 687. The van der Waals surface area contributed by atoms with E-state index in [2.05, 4.69) is 29.3 Å². The largest absolute Gasteiger partial charge is 0.294 e. The third kappa shape index (κ3) is 3.36. The van der Waals surface area contributed by atoms with Crippen molar-refractivity contribution < 1.29 is 0 Å². The van der Waals surface area contributed by atoms with Gasteiger partial charge in [-0.05, 0) is 19.8 Å². The molecule has 1 saturated carbocycles. The molecule has 0 bridgehead atoms. The van der Waals surface area contributed by atoms with Gasteiger partial charge in [-0.2, -0.15) is 5.10 Å². The van der Waals surface area contributed by atoms with Crippen LogP contribution in [0.4, 0.5) is 0 Å². The van der Waals surface area contributed by atoms with E-state index < -0.39 is 0 Å². The Labute approximate surface area is 144 Å². The number of aromatic nitrogens is 4. The molecule has 1 aliphatic carbocycles. The van der Waals surface area contributed by atoms with Gasteiger partial charge in [-0.1, -0.05) is 19.3 Å². The molecule has 0 unspecified atom stereocenters. The Morgan fingerprint density at radius 1 is 1.17 bits per heavy atom. The highest BCUT2D eigenvalue weighted by Crippen LogP contribution is 2.31. The molecule has 5 nitrogen and oxygen atoms in total. The maximum absolute atomic E-state index is 4.94. The van der Waals surface area contributed by atoms with Gasteiger partial charge in [-0.25, -0.2) is 9.97 Å². The fourth-order valence-corrected chi connectivity index (χ4v) is 4.00. The highest BCUT2D eigenvalue weighted by molar-refractivity contribution is 5.22. The first-order chi connectivity index (χ1) is 11.8. The van der Waals surface area contributed by atoms with Crippen LogP contribution in [0.25, 0.3) is 0 Å². The van der Waals surface area contributed by atoms with Crippen molar-refractivity contribution >= 4 is 0 Å². The number of aryl methyl sites for hydroxylation is 1. The molecule has 0 N–H and O–H groups in total. The van der Waals surface area contributed by atoms with Gasteiger partial charge in [0.1, 0.15) is 5.82 Å². The van der Waals surface area contributed by atoms with Crippen LogP contribution in [0.3, 0.4) is 0 Å². The summed E-state index contributed by atoms with van der Waals surface area (Å²) in [5.74, 6) is 1.70. The highest BCUT2D eigenvalue weighted by Gasteiger charge is 2.22. The van der Waals surface area contributed by atoms with Crippen LogP contribution in [-0.2, 0) is 26.1 Å². The van der Waals surface area contributed by atoms with Crippen molar-refractivity contribution in [1.82, 2.24) is 24.6 Å². The lowest BCUT2D eigenvalue weighted by Gasteiger charge is -2.28. The van der Waals surface area contributed by atoms with E-state index in [9.17, 15) is 0 Å². The quantitative estimate of drug-likeness (QED) is 0.865. The molecule has 0 spiro atoms. The van der Waals surface area contributed by atoms with E-state index in [4.69, 9.17) is 9.97 Å². The second-order valence-corrected chi connectivity index (χ2v) is 7.20. The van der Waals surface area contributed by atoms with Crippen LogP contribution in [0, 0.1) is 0 Å². The molecule has 5 heteroatoms. The third-order valence-corrected chi connectivity index (χ3v) is 5.42. The molecule has 2 aromatic rings. The summed E-state index contributed by atoms with van der Waals surface area (Å²) in [5, 5.41) is 4.37. The fraction of sp³-hybridized carbons (Fsp3) is 0.632. The Kier molecular flexibility index (Phi) is 4.60. The van der Waals surface area contributed by atoms with Gasteiger partial charge in [0.25, 0.3) is 0 Å². The van der Waals surface area contributed by atoms with Crippen LogP contribution in [0.15, 0.2) is 18.6 Å². The minimum absolute atomic E-state index is 0.599. The average Bonchev–Trinajstić information content (AvgIpc) is 3.09. The first-order valence-corrected chi connectivity index (χ1v) is 9.40. The number of fused-ring (bicyclic) bond motifs is 1. The predicted octanol–water partition coefficient (Wildman–Crippen LogP) is 3.30. The average molecular weight is 325 g/mol. The van der Waals surface area contributed by atoms with E-state index in [0.29, 0.717) is 5.92 Å². The smallest absolute Gasteiger partial charge is 0.131 e. The normalized spacial score (nSPS) is 19.4. The molecule has 0 radical (unpaired) electrons. The first-order valence-electron chi connectivity index (χ1n) is 9.40. The summed E-state index contributed by atoms with van der Waals surface area (Å²) in [6, 6.07) is 0. The molecule has 1 aliphatic heterocycles. The summed E-state index contributed by atoms with van der Waals surface area (Å²) >= 11 is 0. The highest BCUT2D eigenvalue weighted by atomic mass is 15.3. The van der Waals surface area contributed by atoms with Crippen molar-refractivity contribution in [2.45, 2.75) is 71.0 Å². The van der Waals surface area contributed by atoms with Crippen LogP contribution < -0.4 is 0 Å².